The van der Waals surface area contributed by atoms with Gasteiger partial charge in [0.1, 0.15) is 0 Å². The molecular weight excluding hydrogens is 444 g/mol. The maximum Gasteiger partial charge on any atom is 0.231 e. The molecule has 0 radical (unpaired) electrons. The van der Waals surface area contributed by atoms with Crippen LogP contribution in [0.1, 0.15) is 19.3 Å². The summed E-state index contributed by atoms with van der Waals surface area (Å²) in [6.45, 7) is 0.982. The van der Waals surface area contributed by atoms with Crippen molar-refractivity contribution in [2.24, 2.45) is 11.7 Å². The third-order valence-electron chi connectivity index (χ3n) is 5.03. The monoisotopic (exact) mass is 462 g/mol. The number of nitrogen functional groups attached to an aromatic ring is 1. The fraction of sp³-hybridized carbons (Fsp3) is 0.389. The van der Waals surface area contributed by atoms with Gasteiger partial charge in [-0.2, -0.15) is 0 Å². The molecule has 1 aliphatic carbocycles. The van der Waals surface area contributed by atoms with Crippen LogP contribution in [-0.4, -0.2) is 32.4 Å². The molecule has 146 valence electrons. The molecular formula is C18H19BrN6O2S. The van der Waals surface area contributed by atoms with Crippen molar-refractivity contribution in [3.05, 3.63) is 22.9 Å². The second-order valence-electron chi connectivity index (χ2n) is 7.03. The molecule has 0 amide bonds. The Balaban J connectivity index is 1.42. The van der Waals surface area contributed by atoms with Crippen molar-refractivity contribution in [1.82, 2.24) is 19.5 Å². The van der Waals surface area contributed by atoms with Crippen molar-refractivity contribution in [1.29, 1.82) is 0 Å². The fourth-order valence-corrected chi connectivity index (χ4v) is 4.62. The van der Waals surface area contributed by atoms with Crippen molar-refractivity contribution in [3.63, 3.8) is 0 Å². The van der Waals surface area contributed by atoms with Gasteiger partial charge in [-0.3, -0.25) is 0 Å². The second kappa shape index (κ2) is 7.09. The predicted molar refractivity (Wildman–Crippen MR) is 109 cm³/mol. The number of benzene rings is 1. The third-order valence-corrected chi connectivity index (χ3v) is 6.87. The van der Waals surface area contributed by atoms with Gasteiger partial charge in [0.15, 0.2) is 34.0 Å². The van der Waals surface area contributed by atoms with E-state index < -0.39 is 0 Å². The highest BCUT2D eigenvalue weighted by molar-refractivity contribution is 9.10. The van der Waals surface area contributed by atoms with Crippen LogP contribution in [0.3, 0.4) is 0 Å². The SMILES string of the molecule is Nc1ncn(CCC(N)C2CC2)c2nc(Sc3cc4c(cc3Br)OCO4)nc1-2. The zero-order chi connectivity index (χ0) is 19.3. The van der Waals surface area contributed by atoms with E-state index in [9.17, 15) is 0 Å². The molecule has 1 unspecified atom stereocenters. The van der Waals surface area contributed by atoms with E-state index in [-0.39, 0.29) is 12.8 Å². The van der Waals surface area contributed by atoms with E-state index >= 15 is 0 Å². The van der Waals surface area contributed by atoms with E-state index in [0.717, 1.165) is 33.9 Å². The number of aryl methyl sites for hydroxylation is 1. The highest BCUT2D eigenvalue weighted by atomic mass is 79.9. The molecule has 1 aromatic carbocycles. The minimum Gasteiger partial charge on any atom is -0.454 e. The zero-order valence-electron chi connectivity index (χ0n) is 15.0. The highest BCUT2D eigenvalue weighted by Crippen LogP contribution is 2.43. The lowest BCUT2D eigenvalue weighted by Crippen LogP contribution is -2.24. The quantitative estimate of drug-likeness (QED) is 0.573. The summed E-state index contributed by atoms with van der Waals surface area (Å²) in [7, 11) is 0. The van der Waals surface area contributed by atoms with Crippen LogP contribution in [0.4, 0.5) is 5.82 Å². The Kier molecular flexibility index (Phi) is 4.56. The van der Waals surface area contributed by atoms with Gasteiger partial charge in [-0.1, -0.05) is 0 Å². The van der Waals surface area contributed by atoms with Crippen molar-refractivity contribution >= 4 is 33.5 Å². The van der Waals surface area contributed by atoms with Gasteiger partial charge < -0.3 is 25.5 Å². The smallest absolute Gasteiger partial charge is 0.231 e. The number of halogens is 1. The van der Waals surface area contributed by atoms with Crippen LogP contribution < -0.4 is 20.9 Å². The number of aromatic nitrogens is 4. The first-order valence-electron chi connectivity index (χ1n) is 9.09. The Morgan fingerprint density at radius 3 is 2.82 bits per heavy atom. The molecule has 1 saturated carbocycles. The van der Waals surface area contributed by atoms with Gasteiger partial charge >= 0.3 is 0 Å². The second-order valence-corrected chi connectivity index (χ2v) is 8.89. The molecule has 0 spiro atoms. The van der Waals surface area contributed by atoms with Crippen LogP contribution in [-0.2, 0) is 6.54 Å². The molecule has 1 fully saturated rings. The first-order valence-corrected chi connectivity index (χ1v) is 10.7. The van der Waals surface area contributed by atoms with Gasteiger partial charge in [-0.25, -0.2) is 15.0 Å². The number of fused-ring (bicyclic) bond motifs is 2. The maximum atomic E-state index is 6.24. The van der Waals surface area contributed by atoms with Crippen molar-refractivity contribution in [2.45, 2.75) is 41.9 Å². The molecule has 0 aromatic heterocycles. The Bertz CT molecular complexity index is 1010. The number of nitrogens with zero attached hydrogens (tertiary/aromatic N) is 4. The van der Waals surface area contributed by atoms with Crippen LogP contribution in [0.15, 0.2) is 33.0 Å². The standard InChI is InChI=1S/C18H19BrN6O2S/c19-10-5-12-13(27-8-26-12)6-14(10)28-18-23-15-16(21)22-7-25(17(15)24-18)4-3-11(20)9-1-2-9/h5-7,9,11H,1-4,8,20-21H2. The number of rotatable bonds is 6. The van der Waals surface area contributed by atoms with Crippen LogP contribution in [0, 0.1) is 5.92 Å². The van der Waals surface area contributed by atoms with Gasteiger partial charge in [0, 0.05) is 22.0 Å². The van der Waals surface area contributed by atoms with Gasteiger partial charge in [0.2, 0.25) is 6.79 Å². The molecule has 1 atom stereocenters. The highest BCUT2D eigenvalue weighted by Gasteiger charge is 2.28. The summed E-state index contributed by atoms with van der Waals surface area (Å²) in [5, 5.41) is 0.606. The van der Waals surface area contributed by atoms with E-state index in [0.29, 0.717) is 28.3 Å². The fourth-order valence-electron chi connectivity index (χ4n) is 3.27. The zero-order valence-corrected chi connectivity index (χ0v) is 17.4. The molecule has 3 heterocycles. The van der Waals surface area contributed by atoms with Crippen molar-refractivity contribution in [3.8, 4) is 23.0 Å². The van der Waals surface area contributed by atoms with Crippen LogP contribution in [0.2, 0.25) is 0 Å². The van der Waals surface area contributed by atoms with Gasteiger partial charge in [0.25, 0.3) is 0 Å². The largest absolute Gasteiger partial charge is 0.454 e. The van der Waals surface area contributed by atoms with Gasteiger partial charge in [-0.05, 0) is 65.0 Å². The molecule has 5 rings (SSSR count). The summed E-state index contributed by atoms with van der Waals surface area (Å²) >= 11 is 5.01. The van der Waals surface area contributed by atoms with Crippen LogP contribution in [0.5, 0.6) is 11.5 Å². The third kappa shape index (κ3) is 3.40. The average Bonchev–Trinajstić information content (AvgIpc) is 3.29. The molecule has 28 heavy (non-hydrogen) atoms. The lowest BCUT2D eigenvalue weighted by atomic mass is 10.1. The Morgan fingerprint density at radius 1 is 1.25 bits per heavy atom. The summed E-state index contributed by atoms with van der Waals surface area (Å²) in [6.07, 6.45) is 5.08. The molecule has 10 heteroatoms. The predicted octanol–water partition coefficient (Wildman–Crippen LogP) is 3.13. The van der Waals surface area contributed by atoms with Crippen molar-refractivity contribution in [2.75, 3.05) is 12.5 Å². The molecule has 3 aliphatic heterocycles. The van der Waals surface area contributed by atoms with E-state index in [1.807, 2.05) is 16.7 Å². The minimum absolute atomic E-state index is 0.224. The normalized spacial score (nSPS) is 16.6. The molecule has 8 nitrogen and oxygen atoms in total. The van der Waals surface area contributed by atoms with Crippen LogP contribution in [0.25, 0.3) is 11.5 Å². The van der Waals surface area contributed by atoms with E-state index in [1.165, 1.54) is 24.6 Å². The summed E-state index contributed by atoms with van der Waals surface area (Å²) in [5.41, 5.74) is 12.9. The summed E-state index contributed by atoms with van der Waals surface area (Å²) in [4.78, 5) is 14.5. The topological polar surface area (TPSA) is 114 Å². The number of anilines is 1. The lowest BCUT2D eigenvalue weighted by molar-refractivity contribution is 0.174. The maximum absolute atomic E-state index is 6.24. The molecule has 4 N–H and O–H groups in total. The summed E-state index contributed by atoms with van der Waals surface area (Å²) < 4.78 is 13.7. The first-order chi connectivity index (χ1) is 13.6. The number of ether oxygens (including phenoxy) is 2. The van der Waals surface area contributed by atoms with E-state index in [1.54, 1.807) is 6.33 Å². The van der Waals surface area contributed by atoms with Gasteiger partial charge in [0.05, 0.1) is 6.33 Å². The molecule has 4 aliphatic rings. The number of imidazole rings is 1. The number of hydrogen-bond donors (Lipinski definition) is 2. The molecule has 0 saturated heterocycles. The van der Waals surface area contributed by atoms with Crippen molar-refractivity contribution < 1.29 is 9.47 Å². The number of nitrogens with two attached hydrogens (primary N) is 2. The lowest BCUT2D eigenvalue weighted by Gasteiger charge is -2.14. The Morgan fingerprint density at radius 2 is 2.04 bits per heavy atom. The number of hydrogen-bond acceptors (Lipinski definition) is 8. The summed E-state index contributed by atoms with van der Waals surface area (Å²) in [6, 6.07) is 4.03. The van der Waals surface area contributed by atoms with Gasteiger partial charge in [-0.15, -0.1) is 0 Å². The van der Waals surface area contributed by atoms with E-state index in [4.69, 9.17) is 25.9 Å². The Hall–Kier alpha value is -2.04. The summed E-state index contributed by atoms with van der Waals surface area (Å²) in [5.74, 6) is 3.21. The van der Waals surface area contributed by atoms with Crippen LogP contribution >= 0.6 is 27.7 Å². The van der Waals surface area contributed by atoms with E-state index in [2.05, 4.69) is 25.9 Å². The Labute approximate surface area is 174 Å². The first kappa shape index (κ1) is 18.0. The molecule has 0 bridgehead atoms. The minimum atomic E-state index is 0.224. The average molecular weight is 463 g/mol. The molecule has 1 aromatic rings.